The van der Waals surface area contributed by atoms with Crippen LogP contribution in [-0.4, -0.2) is 5.11 Å². The van der Waals surface area contributed by atoms with Gasteiger partial charge < -0.3 is 9.52 Å². The summed E-state index contributed by atoms with van der Waals surface area (Å²) < 4.78 is 5.96. The van der Waals surface area contributed by atoms with E-state index in [0.29, 0.717) is 5.58 Å². The molecular weight excluding hydrogens is 208 g/mol. The molecule has 0 saturated heterocycles. The highest BCUT2D eigenvalue weighted by Gasteiger charge is 2.02. The minimum absolute atomic E-state index is 0.182. The van der Waals surface area contributed by atoms with Crippen molar-refractivity contribution in [2.75, 3.05) is 0 Å². The van der Waals surface area contributed by atoms with E-state index >= 15 is 0 Å². The molecule has 1 N–H and O–H groups in total. The first-order chi connectivity index (χ1) is 5.27. The number of halogens is 1. The van der Waals surface area contributed by atoms with E-state index < -0.39 is 0 Å². The zero-order chi connectivity index (χ0) is 7.84. The van der Waals surface area contributed by atoms with Gasteiger partial charge in [-0.25, -0.2) is 0 Å². The third kappa shape index (κ3) is 1.01. The maximum Gasteiger partial charge on any atom is 0.161 e. The summed E-state index contributed by atoms with van der Waals surface area (Å²) in [7, 11) is 0. The molecule has 0 radical (unpaired) electrons. The summed E-state index contributed by atoms with van der Waals surface area (Å²) in [6.07, 6.45) is 1.33. The van der Waals surface area contributed by atoms with Crippen LogP contribution < -0.4 is 0 Å². The van der Waals surface area contributed by atoms with E-state index in [9.17, 15) is 5.11 Å². The SMILES string of the molecule is Oc1coc2ccc(Br)cc12. The second-order valence-electron chi connectivity index (χ2n) is 2.26. The monoisotopic (exact) mass is 212 g/mol. The van der Waals surface area contributed by atoms with E-state index in [1.165, 1.54) is 6.26 Å². The van der Waals surface area contributed by atoms with Gasteiger partial charge in [0.1, 0.15) is 11.8 Å². The van der Waals surface area contributed by atoms with Gasteiger partial charge in [-0.05, 0) is 18.2 Å². The zero-order valence-electron chi connectivity index (χ0n) is 5.54. The maximum atomic E-state index is 9.22. The number of aromatic hydroxyl groups is 1. The van der Waals surface area contributed by atoms with Crippen molar-refractivity contribution in [2.45, 2.75) is 0 Å². The Morgan fingerprint density at radius 1 is 1.36 bits per heavy atom. The fourth-order valence-corrected chi connectivity index (χ4v) is 1.35. The zero-order valence-corrected chi connectivity index (χ0v) is 7.13. The van der Waals surface area contributed by atoms with Crippen LogP contribution in [0.1, 0.15) is 0 Å². The summed E-state index contributed by atoms with van der Waals surface area (Å²) >= 11 is 3.30. The lowest BCUT2D eigenvalue weighted by Crippen LogP contribution is -1.64. The van der Waals surface area contributed by atoms with Crippen LogP contribution in [0, 0.1) is 0 Å². The van der Waals surface area contributed by atoms with Crippen LogP contribution in [0.4, 0.5) is 0 Å². The molecule has 0 spiro atoms. The first kappa shape index (κ1) is 6.73. The highest BCUT2D eigenvalue weighted by atomic mass is 79.9. The van der Waals surface area contributed by atoms with Gasteiger partial charge in [-0.3, -0.25) is 0 Å². The normalized spacial score (nSPS) is 10.6. The van der Waals surface area contributed by atoms with Gasteiger partial charge in [-0.1, -0.05) is 15.9 Å². The van der Waals surface area contributed by atoms with Crippen LogP contribution in [0.3, 0.4) is 0 Å². The van der Waals surface area contributed by atoms with Crippen molar-refractivity contribution in [3.05, 3.63) is 28.9 Å². The predicted molar refractivity (Wildman–Crippen MR) is 45.6 cm³/mol. The lowest BCUT2D eigenvalue weighted by atomic mass is 10.2. The minimum atomic E-state index is 0.182. The highest BCUT2D eigenvalue weighted by molar-refractivity contribution is 9.10. The Hall–Kier alpha value is -0.960. The van der Waals surface area contributed by atoms with Crippen molar-refractivity contribution in [2.24, 2.45) is 0 Å². The van der Waals surface area contributed by atoms with Crippen LogP contribution in [0.25, 0.3) is 11.0 Å². The quantitative estimate of drug-likeness (QED) is 0.729. The van der Waals surface area contributed by atoms with Gasteiger partial charge in [0, 0.05) is 4.47 Å². The molecule has 1 aromatic carbocycles. The fraction of sp³-hybridized carbons (Fsp3) is 0. The standard InChI is InChI=1S/C8H5BrO2/c9-5-1-2-8-6(3-5)7(10)4-11-8/h1-4,10H. The second kappa shape index (κ2) is 2.27. The van der Waals surface area contributed by atoms with Crippen molar-refractivity contribution in [3.63, 3.8) is 0 Å². The Morgan fingerprint density at radius 3 is 3.00 bits per heavy atom. The molecule has 2 aromatic rings. The van der Waals surface area contributed by atoms with E-state index in [-0.39, 0.29) is 5.75 Å². The van der Waals surface area contributed by atoms with Crippen LogP contribution in [0.5, 0.6) is 5.75 Å². The minimum Gasteiger partial charge on any atom is -0.504 e. The largest absolute Gasteiger partial charge is 0.504 e. The molecule has 1 heterocycles. The summed E-state index contributed by atoms with van der Waals surface area (Å²) in [4.78, 5) is 0. The Kier molecular flexibility index (Phi) is 1.39. The molecule has 56 valence electrons. The molecule has 0 bridgehead atoms. The molecule has 0 aliphatic rings. The molecule has 11 heavy (non-hydrogen) atoms. The Balaban J connectivity index is 2.87. The third-order valence-electron chi connectivity index (χ3n) is 1.52. The lowest BCUT2D eigenvalue weighted by Gasteiger charge is -1.89. The van der Waals surface area contributed by atoms with E-state index in [4.69, 9.17) is 4.42 Å². The molecule has 0 fully saturated rings. The van der Waals surface area contributed by atoms with E-state index in [0.717, 1.165) is 9.86 Å². The molecular formula is C8H5BrO2. The predicted octanol–water partition coefficient (Wildman–Crippen LogP) is 2.90. The average Bonchev–Trinajstić information content (AvgIpc) is 2.33. The Labute approximate surface area is 71.6 Å². The van der Waals surface area contributed by atoms with Crippen molar-refractivity contribution < 1.29 is 9.52 Å². The number of hydrogen-bond acceptors (Lipinski definition) is 2. The maximum absolute atomic E-state index is 9.22. The Morgan fingerprint density at radius 2 is 2.18 bits per heavy atom. The van der Waals surface area contributed by atoms with Crippen LogP contribution >= 0.6 is 15.9 Å². The van der Waals surface area contributed by atoms with E-state index in [2.05, 4.69) is 15.9 Å². The number of fused-ring (bicyclic) bond motifs is 1. The number of benzene rings is 1. The molecule has 0 unspecified atom stereocenters. The van der Waals surface area contributed by atoms with Crippen LogP contribution in [-0.2, 0) is 0 Å². The van der Waals surface area contributed by atoms with Gasteiger partial charge in [0.15, 0.2) is 5.75 Å². The van der Waals surface area contributed by atoms with Gasteiger partial charge in [0.2, 0.25) is 0 Å². The van der Waals surface area contributed by atoms with Crippen LogP contribution in [0.15, 0.2) is 33.4 Å². The number of rotatable bonds is 0. The molecule has 2 rings (SSSR count). The summed E-state index contributed by atoms with van der Waals surface area (Å²) in [5.41, 5.74) is 0.700. The van der Waals surface area contributed by atoms with Gasteiger partial charge in [0.25, 0.3) is 0 Å². The molecule has 0 amide bonds. The van der Waals surface area contributed by atoms with Crippen molar-refractivity contribution in [1.29, 1.82) is 0 Å². The fourth-order valence-electron chi connectivity index (χ4n) is 0.988. The topological polar surface area (TPSA) is 33.4 Å². The Bertz CT molecular complexity index is 392. The summed E-state index contributed by atoms with van der Waals surface area (Å²) in [5, 5.41) is 9.96. The first-order valence-electron chi connectivity index (χ1n) is 3.13. The van der Waals surface area contributed by atoms with Gasteiger partial charge in [-0.15, -0.1) is 0 Å². The molecule has 0 saturated carbocycles. The van der Waals surface area contributed by atoms with Crippen LogP contribution in [0.2, 0.25) is 0 Å². The molecule has 0 atom stereocenters. The number of furan rings is 1. The average molecular weight is 213 g/mol. The smallest absolute Gasteiger partial charge is 0.161 e. The molecule has 1 aromatic heterocycles. The van der Waals surface area contributed by atoms with Crippen molar-refractivity contribution in [3.8, 4) is 5.75 Å². The van der Waals surface area contributed by atoms with E-state index in [1.807, 2.05) is 12.1 Å². The molecule has 2 nitrogen and oxygen atoms in total. The summed E-state index contributed by atoms with van der Waals surface area (Å²) in [5.74, 6) is 0.182. The summed E-state index contributed by atoms with van der Waals surface area (Å²) in [6, 6.07) is 5.48. The molecule has 0 aliphatic carbocycles. The molecule has 3 heteroatoms. The number of hydrogen-bond donors (Lipinski definition) is 1. The van der Waals surface area contributed by atoms with Crippen molar-refractivity contribution in [1.82, 2.24) is 0 Å². The first-order valence-corrected chi connectivity index (χ1v) is 3.92. The highest BCUT2D eigenvalue weighted by Crippen LogP contribution is 2.28. The van der Waals surface area contributed by atoms with Gasteiger partial charge in [0.05, 0.1) is 5.39 Å². The van der Waals surface area contributed by atoms with E-state index in [1.54, 1.807) is 6.07 Å². The van der Waals surface area contributed by atoms with Gasteiger partial charge >= 0.3 is 0 Å². The third-order valence-corrected chi connectivity index (χ3v) is 2.01. The second-order valence-corrected chi connectivity index (χ2v) is 3.18. The molecule has 0 aliphatic heterocycles. The lowest BCUT2D eigenvalue weighted by molar-refractivity contribution is 0.464. The summed E-state index contributed by atoms with van der Waals surface area (Å²) in [6.45, 7) is 0. The van der Waals surface area contributed by atoms with Crippen molar-refractivity contribution >= 4 is 26.9 Å². The van der Waals surface area contributed by atoms with Gasteiger partial charge in [-0.2, -0.15) is 0 Å².